The first-order valence-corrected chi connectivity index (χ1v) is 7.17. The highest BCUT2D eigenvalue weighted by Crippen LogP contribution is 2.09. The molecule has 0 atom stereocenters. The number of rotatable bonds is 5. The normalized spacial score (nSPS) is 17.8. The molecule has 0 aromatic heterocycles. The summed E-state index contributed by atoms with van der Waals surface area (Å²) in [5.74, 6) is 0.796. The van der Waals surface area contributed by atoms with Gasteiger partial charge in [0.1, 0.15) is 0 Å². The van der Waals surface area contributed by atoms with Gasteiger partial charge in [0, 0.05) is 45.0 Å². The van der Waals surface area contributed by atoms with Gasteiger partial charge in [-0.3, -0.25) is 9.80 Å². The molecule has 1 saturated heterocycles. The summed E-state index contributed by atoms with van der Waals surface area (Å²) in [6, 6.07) is 10.7. The van der Waals surface area contributed by atoms with Gasteiger partial charge >= 0.3 is 0 Å². The molecule has 1 heterocycles. The van der Waals surface area contributed by atoms with Crippen LogP contribution in [-0.4, -0.2) is 48.3 Å². The van der Waals surface area contributed by atoms with Crippen LogP contribution in [0.5, 0.6) is 0 Å². The van der Waals surface area contributed by atoms with Crippen LogP contribution in [0.15, 0.2) is 42.5 Å². The number of benzene rings is 1. The summed E-state index contributed by atoms with van der Waals surface area (Å²) in [7, 11) is 0. The lowest BCUT2D eigenvalue weighted by Crippen LogP contribution is -2.46. The molecule has 1 aliphatic heterocycles. The third-order valence-corrected chi connectivity index (χ3v) is 3.83. The second-order valence-corrected chi connectivity index (χ2v) is 5.26. The van der Waals surface area contributed by atoms with Gasteiger partial charge in [-0.15, -0.1) is 0 Å². The number of nitrogens with zero attached hydrogens (tertiary/aromatic N) is 2. The number of thiol groups is 1. The highest BCUT2D eigenvalue weighted by Gasteiger charge is 2.16. The molecule has 0 N–H and O–H groups in total. The van der Waals surface area contributed by atoms with Crippen molar-refractivity contribution in [3.8, 4) is 0 Å². The molecule has 1 aliphatic rings. The average molecular weight is 262 g/mol. The van der Waals surface area contributed by atoms with E-state index in [1.807, 2.05) is 0 Å². The summed E-state index contributed by atoms with van der Waals surface area (Å²) in [4.78, 5) is 5.00. The molecule has 0 aliphatic carbocycles. The summed E-state index contributed by atoms with van der Waals surface area (Å²) in [6.45, 7) is 10.7. The SMILES string of the molecule is C=C(CS)CN1CCN(Cc2ccccc2)CC1. The highest BCUT2D eigenvalue weighted by atomic mass is 32.1. The van der Waals surface area contributed by atoms with Crippen molar-refractivity contribution in [2.24, 2.45) is 0 Å². The Labute approximate surface area is 116 Å². The summed E-state index contributed by atoms with van der Waals surface area (Å²) in [5.41, 5.74) is 2.63. The van der Waals surface area contributed by atoms with E-state index >= 15 is 0 Å². The lowest BCUT2D eigenvalue weighted by Gasteiger charge is -2.35. The molecule has 98 valence electrons. The summed E-state index contributed by atoms with van der Waals surface area (Å²) >= 11 is 4.26. The van der Waals surface area contributed by atoms with Crippen LogP contribution in [0.4, 0.5) is 0 Å². The summed E-state index contributed by atoms with van der Waals surface area (Å²) < 4.78 is 0. The smallest absolute Gasteiger partial charge is 0.0234 e. The molecule has 0 spiro atoms. The third-order valence-electron chi connectivity index (χ3n) is 3.38. The Bertz CT molecular complexity index is 369. The first kappa shape index (κ1) is 13.7. The average Bonchev–Trinajstić information content (AvgIpc) is 2.42. The minimum absolute atomic E-state index is 0.796. The van der Waals surface area contributed by atoms with E-state index in [9.17, 15) is 0 Å². The number of piperazine rings is 1. The fraction of sp³-hybridized carbons (Fsp3) is 0.467. The maximum atomic E-state index is 4.26. The van der Waals surface area contributed by atoms with Crippen LogP contribution < -0.4 is 0 Å². The monoisotopic (exact) mass is 262 g/mol. The predicted molar refractivity (Wildman–Crippen MR) is 81.2 cm³/mol. The lowest BCUT2D eigenvalue weighted by molar-refractivity contribution is 0.135. The van der Waals surface area contributed by atoms with Crippen molar-refractivity contribution in [1.82, 2.24) is 9.80 Å². The maximum Gasteiger partial charge on any atom is 0.0234 e. The topological polar surface area (TPSA) is 6.48 Å². The quantitative estimate of drug-likeness (QED) is 0.642. The molecular weight excluding hydrogens is 240 g/mol. The zero-order chi connectivity index (χ0) is 12.8. The van der Waals surface area contributed by atoms with E-state index in [2.05, 4.69) is 59.3 Å². The van der Waals surface area contributed by atoms with Gasteiger partial charge in [0.2, 0.25) is 0 Å². The Kier molecular flexibility index (Phi) is 5.29. The molecule has 2 nitrogen and oxygen atoms in total. The van der Waals surface area contributed by atoms with Gasteiger partial charge in [-0.25, -0.2) is 0 Å². The van der Waals surface area contributed by atoms with E-state index in [1.165, 1.54) is 11.1 Å². The van der Waals surface area contributed by atoms with E-state index in [1.54, 1.807) is 0 Å². The zero-order valence-electron chi connectivity index (χ0n) is 10.9. The van der Waals surface area contributed by atoms with Gasteiger partial charge in [-0.2, -0.15) is 12.6 Å². The third kappa shape index (κ3) is 4.16. The van der Waals surface area contributed by atoms with Crippen LogP contribution in [-0.2, 0) is 6.54 Å². The van der Waals surface area contributed by atoms with E-state index in [4.69, 9.17) is 0 Å². The molecule has 1 aromatic rings. The highest BCUT2D eigenvalue weighted by molar-refractivity contribution is 7.80. The van der Waals surface area contributed by atoms with E-state index in [0.29, 0.717) is 0 Å². The maximum absolute atomic E-state index is 4.26. The van der Waals surface area contributed by atoms with E-state index < -0.39 is 0 Å². The van der Waals surface area contributed by atoms with Gasteiger partial charge in [0.15, 0.2) is 0 Å². The fourth-order valence-corrected chi connectivity index (χ4v) is 2.41. The first-order chi connectivity index (χ1) is 8.78. The lowest BCUT2D eigenvalue weighted by atomic mass is 10.2. The largest absolute Gasteiger partial charge is 0.297 e. The van der Waals surface area contributed by atoms with Gasteiger partial charge in [0.05, 0.1) is 0 Å². The first-order valence-electron chi connectivity index (χ1n) is 6.54. The van der Waals surface area contributed by atoms with Gasteiger partial charge in [-0.05, 0) is 5.56 Å². The number of hydrogen-bond acceptors (Lipinski definition) is 3. The predicted octanol–water partition coefficient (Wildman–Crippen LogP) is 2.29. The van der Waals surface area contributed by atoms with Crippen LogP contribution >= 0.6 is 12.6 Å². The van der Waals surface area contributed by atoms with Crippen molar-refractivity contribution >= 4 is 12.6 Å². The molecule has 2 rings (SSSR count). The second kappa shape index (κ2) is 6.98. The Morgan fingerprint density at radius 2 is 1.67 bits per heavy atom. The van der Waals surface area contributed by atoms with Crippen LogP contribution in [0.3, 0.4) is 0 Å². The standard InChI is InChI=1S/C15H22N2S/c1-14(13-18)11-16-7-9-17(10-8-16)12-15-5-3-2-4-6-15/h2-6,18H,1,7-13H2. The van der Waals surface area contributed by atoms with Crippen molar-refractivity contribution in [2.45, 2.75) is 6.54 Å². The van der Waals surface area contributed by atoms with Crippen LogP contribution in [0, 0.1) is 0 Å². The van der Waals surface area contributed by atoms with Gasteiger partial charge in [-0.1, -0.05) is 42.5 Å². The molecule has 3 heteroatoms. The minimum Gasteiger partial charge on any atom is -0.297 e. The molecule has 0 radical (unpaired) electrons. The van der Waals surface area contributed by atoms with E-state index in [-0.39, 0.29) is 0 Å². The molecule has 1 aromatic carbocycles. The van der Waals surface area contributed by atoms with Gasteiger partial charge in [0.25, 0.3) is 0 Å². The molecule has 0 bridgehead atoms. The van der Waals surface area contributed by atoms with Crippen LogP contribution in [0.1, 0.15) is 5.56 Å². The molecule has 18 heavy (non-hydrogen) atoms. The van der Waals surface area contributed by atoms with Crippen LogP contribution in [0.2, 0.25) is 0 Å². The molecule has 0 unspecified atom stereocenters. The fourth-order valence-electron chi connectivity index (χ4n) is 2.31. The van der Waals surface area contributed by atoms with Crippen molar-refractivity contribution in [3.63, 3.8) is 0 Å². The van der Waals surface area contributed by atoms with Crippen molar-refractivity contribution in [3.05, 3.63) is 48.0 Å². The minimum atomic E-state index is 0.796. The molecular formula is C15H22N2S. The zero-order valence-corrected chi connectivity index (χ0v) is 11.8. The molecule has 0 amide bonds. The Balaban J connectivity index is 1.75. The second-order valence-electron chi connectivity index (χ2n) is 4.95. The Morgan fingerprint density at radius 3 is 2.28 bits per heavy atom. The molecule has 0 saturated carbocycles. The summed E-state index contributed by atoms with van der Waals surface area (Å²) in [6.07, 6.45) is 0. The van der Waals surface area contributed by atoms with Crippen molar-refractivity contribution < 1.29 is 0 Å². The van der Waals surface area contributed by atoms with Crippen molar-refractivity contribution in [1.29, 1.82) is 0 Å². The van der Waals surface area contributed by atoms with Crippen LogP contribution in [0.25, 0.3) is 0 Å². The van der Waals surface area contributed by atoms with Gasteiger partial charge < -0.3 is 0 Å². The Morgan fingerprint density at radius 1 is 1.06 bits per heavy atom. The Hall–Kier alpha value is -0.770. The number of hydrogen-bond donors (Lipinski definition) is 1. The van der Waals surface area contributed by atoms with Crippen molar-refractivity contribution in [2.75, 3.05) is 38.5 Å². The molecule has 1 fully saturated rings. The van der Waals surface area contributed by atoms with E-state index in [0.717, 1.165) is 45.0 Å². The summed E-state index contributed by atoms with van der Waals surface area (Å²) in [5, 5.41) is 0.